The highest BCUT2D eigenvalue weighted by molar-refractivity contribution is 7.81. The van der Waals surface area contributed by atoms with Crippen molar-refractivity contribution in [2.24, 2.45) is 0 Å². The van der Waals surface area contributed by atoms with Crippen molar-refractivity contribution >= 4 is 38.3 Å². The summed E-state index contributed by atoms with van der Waals surface area (Å²) in [5.74, 6) is 0. The SMILES string of the molecule is Nc1ccc(C(CCC(=S)C[P+](O)(O)O)P(=O)(O)O)cc1. The second-order valence-corrected chi connectivity index (χ2v) is 8.78. The van der Waals surface area contributed by atoms with E-state index in [2.05, 4.69) is 0 Å². The van der Waals surface area contributed by atoms with Crippen molar-refractivity contribution in [2.75, 3.05) is 11.9 Å². The highest BCUT2D eigenvalue weighted by atomic mass is 32.1. The fraction of sp³-hybridized carbons (Fsp3) is 0.364. The summed E-state index contributed by atoms with van der Waals surface area (Å²) in [5, 5.41) is 0. The van der Waals surface area contributed by atoms with Gasteiger partial charge in [-0.1, -0.05) is 24.4 Å². The smallest absolute Gasteiger partial charge is 0.399 e. The fourth-order valence-corrected chi connectivity index (χ4v) is 4.16. The van der Waals surface area contributed by atoms with Crippen LogP contribution in [0.4, 0.5) is 5.69 Å². The summed E-state index contributed by atoms with van der Waals surface area (Å²) in [4.78, 5) is 45.8. The van der Waals surface area contributed by atoms with Gasteiger partial charge >= 0.3 is 15.5 Å². The number of hydrogen-bond acceptors (Lipinski definition) is 6. The maximum atomic E-state index is 11.6. The molecular formula is C11H18NO6P2S+. The van der Waals surface area contributed by atoms with Crippen LogP contribution in [-0.2, 0) is 4.57 Å². The summed E-state index contributed by atoms with van der Waals surface area (Å²) >= 11 is 4.89. The third kappa shape index (κ3) is 6.91. The number of thiocarbonyl (C=S) groups is 1. The van der Waals surface area contributed by atoms with Crippen LogP contribution in [0.25, 0.3) is 0 Å². The maximum Gasteiger partial charge on any atom is 0.408 e. The fourth-order valence-electron chi connectivity index (χ4n) is 1.86. The lowest BCUT2D eigenvalue weighted by molar-refractivity contribution is 0.336. The van der Waals surface area contributed by atoms with E-state index in [1.807, 2.05) is 0 Å². The van der Waals surface area contributed by atoms with Crippen LogP contribution in [-0.4, -0.2) is 35.5 Å². The van der Waals surface area contributed by atoms with Gasteiger partial charge in [0.25, 0.3) is 0 Å². The molecule has 0 radical (unpaired) electrons. The Morgan fingerprint density at radius 2 is 1.76 bits per heavy atom. The van der Waals surface area contributed by atoms with E-state index in [1.165, 1.54) is 12.1 Å². The lowest BCUT2D eigenvalue weighted by atomic mass is 10.1. The molecule has 1 aromatic rings. The molecule has 1 rings (SSSR count). The Morgan fingerprint density at radius 3 is 2.19 bits per heavy atom. The monoisotopic (exact) mass is 354 g/mol. The van der Waals surface area contributed by atoms with Crippen molar-refractivity contribution in [1.82, 2.24) is 0 Å². The largest absolute Gasteiger partial charge is 0.408 e. The van der Waals surface area contributed by atoms with Gasteiger partial charge in [0.15, 0.2) is 6.16 Å². The molecule has 1 atom stereocenters. The Morgan fingerprint density at radius 1 is 1.24 bits per heavy atom. The first-order valence-corrected chi connectivity index (χ1v) is 9.90. The Bertz CT molecular complexity index is 539. The summed E-state index contributed by atoms with van der Waals surface area (Å²) in [6.45, 7) is 0. The zero-order chi connectivity index (χ0) is 16.3. The third-order valence-electron chi connectivity index (χ3n) is 2.81. The predicted octanol–water partition coefficient (Wildman–Crippen LogP) is 1.38. The Balaban J connectivity index is 2.80. The second kappa shape index (κ2) is 7.22. The normalized spacial score (nSPS) is 14.0. The minimum absolute atomic E-state index is 0.0348. The Kier molecular flexibility index (Phi) is 6.40. The van der Waals surface area contributed by atoms with Crippen molar-refractivity contribution in [3.63, 3.8) is 0 Å². The van der Waals surface area contributed by atoms with E-state index < -0.39 is 27.4 Å². The molecule has 0 spiro atoms. The molecule has 0 saturated heterocycles. The van der Waals surface area contributed by atoms with Gasteiger partial charge in [0, 0.05) is 10.6 Å². The van der Waals surface area contributed by atoms with Crippen molar-refractivity contribution in [3.05, 3.63) is 29.8 Å². The highest BCUT2D eigenvalue weighted by Crippen LogP contribution is 2.54. The van der Waals surface area contributed by atoms with Crippen molar-refractivity contribution in [1.29, 1.82) is 0 Å². The number of hydrogen-bond donors (Lipinski definition) is 6. The maximum absolute atomic E-state index is 11.6. The Hall–Kier alpha value is -0.430. The standard InChI is InChI=1S/C11H17NO6P2S/c12-9-3-1-8(2-4-9)11(20(16,17)18)6-5-10(21)7-19(13,14)15/h1-4,11,13-15H,5-7,12H2,(H-,16,17,18)/p+1. The minimum Gasteiger partial charge on any atom is -0.399 e. The number of rotatable bonds is 7. The van der Waals surface area contributed by atoms with E-state index in [9.17, 15) is 14.4 Å². The molecule has 0 amide bonds. The van der Waals surface area contributed by atoms with Crippen LogP contribution in [0.15, 0.2) is 24.3 Å². The zero-order valence-electron chi connectivity index (χ0n) is 11.0. The van der Waals surface area contributed by atoms with Gasteiger partial charge in [0.05, 0.1) is 5.66 Å². The van der Waals surface area contributed by atoms with Gasteiger partial charge in [0.1, 0.15) is 0 Å². The van der Waals surface area contributed by atoms with Crippen LogP contribution in [0.1, 0.15) is 24.1 Å². The molecule has 0 aromatic heterocycles. The average molecular weight is 354 g/mol. The van der Waals surface area contributed by atoms with Gasteiger partial charge in [-0.3, -0.25) is 4.57 Å². The first-order valence-electron chi connectivity index (χ1n) is 5.98. The van der Waals surface area contributed by atoms with Gasteiger partial charge in [-0.15, -0.1) is 0 Å². The number of benzene rings is 1. The van der Waals surface area contributed by atoms with Gasteiger partial charge < -0.3 is 15.5 Å². The molecule has 0 bridgehead atoms. The number of anilines is 1. The molecule has 1 unspecified atom stereocenters. The summed E-state index contributed by atoms with van der Waals surface area (Å²) in [6.07, 6.45) is -0.329. The van der Waals surface area contributed by atoms with Crippen LogP contribution < -0.4 is 5.73 Å². The topological polar surface area (TPSA) is 144 Å². The molecule has 0 fully saturated rings. The molecule has 118 valence electrons. The lowest BCUT2D eigenvalue weighted by Crippen LogP contribution is -2.09. The average Bonchev–Trinajstić information content (AvgIpc) is 2.27. The van der Waals surface area contributed by atoms with Crippen molar-refractivity contribution in [2.45, 2.75) is 18.5 Å². The van der Waals surface area contributed by atoms with E-state index in [4.69, 9.17) is 32.6 Å². The molecule has 0 aliphatic heterocycles. The van der Waals surface area contributed by atoms with Crippen LogP contribution in [0, 0.1) is 0 Å². The van der Waals surface area contributed by atoms with E-state index in [0.717, 1.165) is 0 Å². The lowest BCUT2D eigenvalue weighted by Gasteiger charge is -2.19. The number of nitrogen functional groups attached to an aromatic ring is 1. The van der Waals surface area contributed by atoms with Gasteiger partial charge in [-0.25, -0.2) is 0 Å². The van der Waals surface area contributed by atoms with E-state index in [1.54, 1.807) is 12.1 Å². The molecule has 0 aliphatic carbocycles. The molecule has 0 aliphatic rings. The van der Waals surface area contributed by atoms with Gasteiger partial charge in [-0.2, -0.15) is 14.7 Å². The first-order chi connectivity index (χ1) is 9.49. The van der Waals surface area contributed by atoms with E-state index in [-0.39, 0.29) is 17.7 Å². The zero-order valence-corrected chi connectivity index (χ0v) is 13.6. The quantitative estimate of drug-likeness (QED) is 0.245. The summed E-state index contributed by atoms with van der Waals surface area (Å²) in [5.41, 5.74) is 5.39. The predicted molar refractivity (Wildman–Crippen MR) is 85.9 cm³/mol. The summed E-state index contributed by atoms with van der Waals surface area (Å²) in [7, 11) is -8.40. The molecular weight excluding hydrogens is 336 g/mol. The highest BCUT2D eigenvalue weighted by Gasteiger charge is 2.34. The molecule has 7 N–H and O–H groups in total. The van der Waals surface area contributed by atoms with Crippen molar-refractivity contribution < 1.29 is 29.0 Å². The van der Waals surface area contributed by atoms with Crippen LogP contribution in [0.5, 0.6) is 0 Å². The first kappa shape index (κ1) is 18.6. The summed E-state index contributed by atoms with van der Waals surface area (Å²) in [6, 6.07) is 6.15. The Labute approximate surface area is 128 Å². The minimum atomic E-state index is -4.40. The van der Waals surface area contributed by atoms with Crippen molar-refractivity contribution in [3.8, 4) is 0 Å². The molecule has 10 heteroatoms. The number of nitrogens with two attached hydrogens (primary N) is 1. The van der Waals surface area contributed by atoms with Crippen LogP contribution >= 0.6 is 27.8 Å². The summed E-state index contributed by atoms with van der Waals surface area (Å²) < 4.78 is 11.6. The molecule has 1 aromatic carbocycles. The molecule has 0 heterocycles. The van der Waals surface area contributed by atoms with Gasteiger partial charge in [-0.05, 0) is 30.5 Å². The van der Waals surface area contributed by atoms with E-state index >= 15 is 0 Å². The molecule has 0 saturated carbocycles. The third-order valence-corrected chi connectivity index (χ3v) is 5.55. The molecule has 21 heavy (non-hydrogen) atoms. The van der Waals surface area contributed by atoms with E-state index in [0.29, 0.717) is 11.3 Å². The van der Waals surface area contributed by atoms with Gasteiger partial charge in [0.2, 0.25) is 0 Å². The second-order valence-electron chi connectivity index (χ2n) is 4.70. The van der Waals surface area contributed by atoms with Crippen LogP contribution in [0.2, 0.25) is 0 Å². The van der Waals surface area contributed by atoms with Crippen LogP contribution in [0.3, 0.4) is 0 Å². The molecule has 7 nitrogen and oxygen atoms in total.